The van der Waals surface area contributed by atoms with Crippen LogP contribution in [0.1, 0.15) is 32.1 Å². The van der Waals surface area contributed by atoms with Crippen molar-refractivity contribution in [3.8, 4) is 0 Å². The second-order valence-electron chi connectivity index (χ2n) is 6.95. The van der Waals surface area contributed by atoms with E-state index in [0.29, 0.717) is 6.54 Å². The van der Waals surface area contributed by atoms with Crippen molar-refractivity contribution in [1.82, 2.24) is 10.2 Å². The van der Waals surface area contributed by atoms with Crippen LogP contribution < -0.4 is 9.62 Å². The maximum atomic E-state index is 12.3. The van der Waals surface area contributed by atoms with Gasteiger partial charge in [0.1, 0.15) is 6.54 Å². The predicted octanol–water partition coefficient (Wildman–Crippen LogP) is 3.80. The van der Waals surface area contributed by atoms with E-state index >= 15 is 0 Å². The molecule has 10 heteroatoms. The van der Waals surface area contributed by atoms with Crippen LogP contribution >= 0.6 is 34.8 Å². The molecule has 0 spiro atoms. The Balaban J connectivity index is 1.92. The van der Waals surface area contributed by atoms with E-state index in [0.717, 1.165) is 36.6 Å². The van der Waals surface area contributed by atoms with E-state index in [2.05, 4.69) is 10.2 Å². The molecule has 1 amide bonds. The minimum atomic E-state index is -3.74. The van der Waals surface area contributed by atoms with Gasteiger partial charge in [-0.1, -0.05) is 47.6 Å². The van der Waals surface area contributed by atoms with Gasteiger partial charge in [0.15, 0.2) is 0 Å². The molecule has 1 N–H and O–H groups in total. The number of amides is 1. The molecule has 1 aromatic rings. The number of hydrogen-bond donors (Lipinski definition) is 1. The molecule has 2 rings (SSSR count). The van der Waals surface area contributed by atoms with Gasteiger partial charge in [-0.15, -0.1) is 0 Å². The van der Waals surface area contributed by atoms with E-state index in [9.17, 15) is 13.2 Å². The number of likely N-dealkylation sites (tertiary alicyclic amines) is 1. The summed E-state index contributed by atoms with van der Waals surface area (Å²) in [6.07, 6.45) is 6.84. The molecule has 0 aromatic heterocycles. The molecule has 1 aromatic carbocycles. The van der Waals surface area contributed by atoms with Crippen molar-refractivity contribution >= 4 is 56.4 Å². The first-order chi connectivity index (χ1) is 13.2. The first-order valence-electron chi connectivity index (χ1n) is 9.30. The zero-order valence-electron chi connectivity index (χ0n) is 15.9. The average molecular weight is 471 g/mol. The van der Waals surface area contributed by atoms with Crippen LogP contribution in [0, 0.1) is 0 Å². The highest BCUT2D eigenvalue weighted by molar-refractivity contribution is 7.92. The zero-order valence-corrected chi connectivity index (χ0v) is 19.0. The van der Waals surface area contributed by atoms with E-state index in [1.54, 1.807) is 0 Å². The Hall–Kier alpha value is -0.730. The molecular weight excluding hydrogens is 445 g/mol. The minimum absolute atomic E-state index is 0.105. The summed E-state index contributed by atoms with van der Waals surface area (Å²) in [5, 5.41) is 3.26. The van der Waals surface area contributed by atoms with Gasteiger partial charge in [0, 0.05) is 6.54 Å². The van der Waals surface area contributed by atoms with Crippen molar-refractivity contribution in [2.24, 2.45) is 0 Å². The lowest BCUT2D eigenvalue weighted by Crippen LogP contribution is -2.41. The Morgan fingerprint density at radius 3 is 2.29 bits per heavy atom. The van der Waals surface area contributed by atoms with Gasteiger partial charge in [0.05, 0.1) is 27.0 Å². The molecule has 1 aliphatic heterocycles. The van der Waals surface area contributed by atoms with E-state index in [1.165, 1.54) is 37.8 Å². The highest BCUT2D eigenvalue weighted by atomic mass is 35.5. The van der Waals surface area contributed by atoms with Crippen LogP contribution in [-0.2, 0) is 14.8 Å². The SMILES string of the molecule is CS(=O)(=O)N(CC(=O)NCCCN1CCCCCC1)c1cc(Cl)c(Cl)cc1Cl. The fraction of sp³-hybridized carbons (Fsp3) is 0.611. The van der Waals surface area contributed by atoms with Crippen LogP contribution in [0.2, 0.25) is 15.1 Å². The summed E-state index contributed by atoms with van der Waals surface area (Å²) in [5.41, 5.74) is 0.123. The molecule has 0 atom stereocenters. The monoisotopic (exact) mass is 469 g/mol. The molecule has 0 saturated carbocycles. The van der Waals surface area contributed by atoms with E-state index < -0.39 is 15.9 Å². The molecule has 0 unspecified atom stereocenters. The maximum Gasteiger partial charge on any atom is 0.240 e. The number of sulfonamides is 1. The Labute approximate surface area is 182 Å². The van der Waals surface area contributed by atoms with E-state index in [4.69, 9.17) is 34.8 Å². The molecule has 1 aliphatic rings. The number of nitrogens with one attached hydrogen (secondary N) is 1. The van der Waals surface area contributed by atoms with Gasteiger partial charge < -0.3 is 10.2 Å². The standard InChI is InChI=1S/C18H26Cl3N3O3S/c1-28(26,27)24(17-12-15(20)14(19)11-16(17)21)13-18(25)22-7-6-10-23-8-4-2-3-5-9-23/h11-12H,2-10,13H2,1H3,(H,22,25). The summed E-state index contributed by atoms with van der Waals surface area (Å²) in [6.45, 7) is 3.24. The third-order valence-corrected chi connectivity index (χ3v) is 6.77. The largest absolute Gasteiger partial charge is 0.354 e. The molecule has 1 heterocycles. The molecule has 28 heavy (non-hydrogen) atoms. The summed E-state index contributed by atoms with van der Waals surface area (Å²) in [4.78, 5) is 14.7. The Kier molecular flexibility index (Phi) is 9.15. The van der Waals surface area contributed by atoms with E-state index in [1.807, 2.05) is 0 Å². The topological polar surface area (TPSA) is 69.7 Å². The first kappa shape index (κ1) is 23.5. The zero-order chi connectivity index (χ0) is 20.7. The molecule has 0 radical (unpaired) electrons. The number of anilines is 1. The number of carbonyl (C=O) groups excluding carboxylic acids is 1. The quantitative estimate of drug-likeness (QED) is 0.463. The fourth-order valence-electron chi connectivity index (χ4n) is 3.16. The third-order valence-electron chi connectivity index (χ3n) is 4.62. The van der Waals surface area contributed by atoms with Gasteiger partial charge in [-0.05, 0) is 51.0 Å². The van der Waals surface area contributed by atoms with Gasteiger partial charge in [-0.3, -0.25) is 9.10 Å². The van der Waals surface area contributed by atoms with Gasteiger partial charge in [0.25, 0.3) is 0 Å². The Morgan fingerprint density at radius 1 is 1.07 bits per heavy atom. The number of rotatable bonds is 8. The average Bonchev–Trinajstić information content (AvgIpc) is 2.88. The molecular formula is C18H26Cl3N3O3S. The Morgan fingerprint density at radius 2 is 1.68 bits per heavy atom. The van der Waals surface area contributed by atoms with Gasteiger partial charge >= 0.3 is 0 Å². The molecule has 1 fully saturated rings. The van der Waals surface area contributed by atoms with Crippen molar-refractivity contribution in [2.45, 2.75) is 32.1 Å². The highest BCUT2D eigenvalue weighted by Crippen LogP contribution is 2.35. The highest BCUT2D eigenvalue weighted by Gasteiger charge is 2.24. The lowest BCUT2D eigenvalue weighted by Gasteiger charge is -2.23. The second kappa shape index (κ2) is 10.9. The first-order valence-corrected chi connectivity index (χ1v) is 12.3. The van der Waals surface area contributed by atoms with Crippen molar-refractivity contribution in [3.63, 3.8) is 0 Å². The summed E-state index contributed by atoms with van der Waals surface area (Å²) >= 11 is 18.0. The van der Waals surface area contributed by atoms with E-state index in [-0.39, 0.29) is 27.3 Å². The minimum Gasteiger partial charge on any atom is -0.354 e. The van der Waals surface area contributed by atoms with Crippen LogP contribution in [-0.4, -0.2) is 58.2 Å². The summed E-state index contributed by atoms with van der Waals surface area (Å²) in [6, 6.07) is 2.71. The molecule has 6 nitrogen and oxygen atoms in total. The molecule has 158 valence electrons. The van der Waals surface area contributed by atoms with Gasteiger partial charge in [0.2, 0.25) is 15.9 Å². The lowest BCUT2D eigenvalue weighted by atomic mass is 10.2. The van der Waals surface area contributed by atoms with Gasteiger partial charge in [-0.25, -0.2) is 8.42 Å². The summed E-state index contributed by atoms with van der Waals surface area (Å²) in [7, 11) is -3.74. The van der Waals surface area contributed by atoms with Crippen LogP contribution in [0.5, 0.6) is 0 Å². The van der Waals surface area contributed by atoms with Crippen LogP contribution in [0.4, 0.5) is 5.69 Å². The van der Waals surface area contributed by atoms with Crippen LogP contribution in [0.25, 0.3) is 0 Å². The van der Waals surface area contributed by atoms with Crippen molar-refractivity contribution in [2.75, 3.05) is 43.3 Å². The number of halogens is 3. The Bertz CT molecular complexity index is 782. The van der Waals surface area contributed by atoms with Crippen LogP contribution in [0.3, 0.4) is 0 Å². The number of hydrogen-bond acceptors (Lipinski definition) is 4. The number of benzene rings is 1. The maximum absolute atomic E-state index is 12.3. The third kappa shape index (κ3) is 7.26. The molecule has 0 aliphatic carbocycles. The predicted molar refractivity (Wildman–Crippen MR) is 116 cm³/mol. The van der Waals surface area contributed by atoms with Crippen molar-refractivity contribution < 1.29 is 13.2 Å². The fourth-order valence-corrected chi connectivity index (χ4v) is 4.71. The van der Waals surface area contributed by atoms with Gasteiger partial charge in [-0.2, -0.15) is 0 Å². The second-order valence-corrected chi connectivity index (χ2v) is 10.1. The number of carbonyl (C=O) groups is 1. The van der Waals surface area contributed by atoms with Crippen molar-refractivity contribution in [3.05, 3.63) is 27.2 Å². The normalized spacial score (nSPS) is 15.9. The van der Waals surface area contributed by atoms with Crippen LogP contribution in [0.15, 0.2) is 12.1 Å². The smallest absolute Gasteiger partial charge is 0.240 e. The number of nitrogens with zero attached hydrogens (tertiary/aromatic N) is 2. The summed E-state index contributed by atoms with van der Waals surface area (Å²) in [5.74, 6) is -0.400. The summed E-state index contributed by atoms with van der Waals surface area (Å²) < 4.78 is 25.3. The lowest BCUT2D eigenvalue weighted by molar-refractivity contribution is -0.119. The molecule has 0 bridgehead atoms. The van der Waals surface area contributed by atoms with Crippen molar-refractivity contribution in [1.29, 1.82) is 0 Å². The molecule has 1 saturated heterocycles.